The Balaban J connectivity index is 3.70. The summed E-state index contributed by atoms with van der Waals surface area (Å²) in [6, 6.07) is 0. The first kappa shape index (κ1) is 20.0. The number of hydrogen-bond donors (Lipinski definition) is 1. The second-order valence-corrected chi connectivity index (χ2v) is 4.70. The summed E-state index contributed by atoms with van der Waals surface area (Å²) >= 11 is 0. The van der Waals surface area contributed by atoms with E-state index in [1.165, 1.54) is 0 Å². The average Bonchev–Trinajstić information content (AvgIpc) is 2.41. The number of azide groups is 1. The van der Waals surface area contributed by atoms with Crippen molar-refractivity contribution < 1.29 is 50.1 Å². The zero-order valence-electron chi connectivity index (χ0n) is 11.5. The fourth-order valence-electron chi connectivity index (χ4n) is 1.78. The van der Waals surface area contributed by atoms with E-state index in [2.05, 4.69) is 16.1 Å². The van der Waals surface area contributed by atoms with E-state index in [9.17, 15) is 40.6 Å². The molecule has 1 aliphatic rings. The molecule has 7 nitrogen and oxygen atoms in total. The molecule has 1 fully saturated rings. The van der Waals surface area contributed by atoms with Gasteiger partial charge in [-0.15, -0.1) is 0 Å². The summed E-state index contributed by atoms with van der Waals surface area (Å²) in [4.78, 5) is 12.6. The molecule has 0 amide bonds. The van der Waals surface area contributed by atoms with E-state index in [-0.39, 0.29) is 13.0 Å². The van der Waals surface area contributed by atoms with Crippen LogP contribution in [0.5, 0.6) is 0 Å². The summed E-state index contributed by atoms with van der Waals surface area (Å²) in [5.41, 5.74) is 3.34. The maximum Gasteiger partial charge on any atom is 0.423 e. The lowest BCUT2D eigenvalue weighted by Gasteiger charge is -2.52. The molecule has 1 N–H and O–H groups in total. The zero-order chi connectivity index (χ0) is 19.2. The third-order valence-corrected chi connectivity index (χ3v) is 3.20. The predicted molar refractivity (Wildman–Crippen MR) is 59.6 cm³/mol. The molecule has 14 heteroatoms. The van der Waals surface area contributed by atoms with E-state index in [4.69, 9.17) is 5.53 Å². The van der Waals surface area contributed by atoms with Gasteiger partial charge in [0.2, 0.25) is 11.7 Å². The van der Waals surface area contributed by atoms with Gasteiger partial charge in [-0.05, 0) is 17.6 Å². The maximum absolute atomic E-state index is 14.1. The highest BCUT2D eigenvalue weighted by Gasteiger charge is 2.85. The Labute approximate surface area is 128 Å². The van der Waals surface area contributed by atoms with E-state index in [1.807, 2.05) is 5.11 Å². The van der Waals surface area contributed by atoms with Gasteiger partial charge in [-0.2, -0.15) is 30.7 Å². The summed E-state index contributed by atoms with van der Waals surface area (Å²) in [6.07, 6.45) is -10.1. The summed E-state index contributed by atoms with van der Waals surface area (Å²) in [7, 11) is 0. The molecule has 24 heavy (non-hydrogen) atoms. The monoisotopic (exact) mass is 367 g/mol. The highest BCUT2D eigenvalue weighted by Crippen LogP contribution is 2.58. The van der Waals surface area contributed by atoms with Gasteiger partial charge in [0.05, 0.1) is 0 Å². The van der Waals surface area contributed by atoms with Gasteiger partial charge in [-0.3, -0.25) is 0 Å². The summed E-state index contributed by atoms with van der Waals surface area (Å²) < 4.78 is 102. The molecule has 3 atom stereocenters. The van der Waals surface area contributed by atoms with Crippen LogP contribution in [-0.4, -0.2) is 46.7 Å². The van der Waals surface area contributed by atoms with Crippen LogP contribution in [0.4, 0.5) is 30.7 Å². The Bertz CT molecular complexity index is 604. The van der Waals surface area contributed by atoms with Gasteiger partial charge >= 0.3 is 29.9 Å². The van der Waals surface area contributed by atoms with Crippen molar-refractivity contribution in [2.75, 3.05) is 0 Å². The van der Waals surface area contributed by atoms with Crippen molar-refractivity contribution in [3.8, 4) is 0 Å². The van der Waals surface area contributed by atoms with Crippen molar-refractivity contribution in [1.82, 2.24) is 0 Å². The van der Waals surface area contributed by atoms with E-state index in [1.54, 1.807) is 4.91 Å². The third kappa shape index (κ3) is 2.56. The SMILES string of the molecule is C=CC(=O)OC1C(F)(F)C(O)(N=[N+]=[N-])OC(C)(C(F)(F)F)C1(F)F. The molecule has 0 aliphatic carbocycles. The Morgan fingerprint density at radius 3 is 2.25 bits per heavy atom. The largest absolute Gasteiger partial charge is 0.446 e. The number of nitrogens with zero attached hydrogens (tertiary/aromatic N) is 3. The first-order chi connectivity index (χ1) is 10.6. The molecule has 0 aromatic heterocycles. The van der Waals surface area contributed by atoms with Crippen molar-refractivity contribution in [3.63, 3.8) is 0 Å². The van der Waals surface area contributed by atoms with Gasteiger partial charge in [0, 0.05) is 11.0 Å². The minimum atomic E-state index is -6.04. The van der Waals surface area contributed by atoms with E-state index >= 15 is 0 Å². The number of ether oxygens (including phenoxy) is 2. The minimum absolute atomic E-state index is 0.124. The normalized spacial score (nSPS) is 34.8. The molecular formula is C10H8F7N3O4. The number of rotatable bonds is 3. The molecule has 1 aliphatic heterocycles. The summed E-state index contributed by atoms with van der Waals surface area (Å²) in [5, 5.41) is 11.4. The number of carbonyl (C=O) groups excluding carboxylic acids is 1. The number of alkyl halides is 7. The summed E-state index contributed by atoms with van der Waals surface area (Å²) in [5.74, 6) is -17.7. The van der Waals surface area contributed by atoms with Crippen LogP contribution < -0.4 is 0 Å². The van der Waals surface area contributed by atoms with Crippen LogP contribution in [-0.2, 0) is 14.3 Å². The van der Waals surface area contributed by atoms with Crippen molar-refractivity contribution in [1.29, 1.82) is 0 Å². The van der Waals surface area contributed by atoms with Crippen LogP contribution in [0.1, 0.15) is 6.92 Å². The van der Waals surface area contributed by atoms with Crippen LogP contribution in [0.3, 0.4) is 0 Å². The van der Waals surface area contributed by atoms with E-state index < -0.39 is 41.6 Å². The van der Waals surface area contributed by atoms with Crippen molar-refractivity contribution in [2.24, 2.45) is 5.11 Å². The van der Waals surface area contributed by atoms with Gasteiger partial charge in [0.25, 0.3) is 0 Å². The fraction of sp³-hybridized carbons (Fsp3) is 0.700. The van der Waals surface area contributed by atoms with Crippen molar-refractivity contribution in [3.05, 3.63) is 23.1 Å². The summed E-state index contributed by atoms with van der Waals surface area (Å²) in [6.45, 7) is 2.34. The van der Waals surface area contributed by atoms with Crippen LogP contribution in [0.15, 0.2) is 17.8 Å². The molecular weight excluding hydrogens is 359 g/mol. The first-order valence-electron chi connectivity index (χ1n) is 5.75. The molecule has 1 saturated heterocycles. The predicted octanol–water partition coefficient (Wildman–Crippen LogP) is 2.66. The quantitative estimate of drug-likeness (QED) is 0.207. The molecule has 0 bridgehead atoms. The Kier molecular flexibility index (Phi) is 4.58. The third-order valence-electron chi connectivity index (χ3n) is 3.20. The van der Waals surface area contributed by atoms with Crippen molar-refractivity contribution in [2.45, 2.75) is 42.6 Å². The molecule has 1 heterocycles. The Morgan fingerprint density at radius 2 is 1.88 bits per heavy atom. The molecule has 136 valence electrons. The van der Waals surface area contributed by atoms with Crippen LogP contribution in [0.25, 0.3) is 10.4 Å². The van der Waals surface area contributed by atoms with Gasteiger partial charge in [0.15, 0.2) is 0 Å². The Hall–Kier alpha value is -2.05. The molecule has 3 unspecified atom stereocenters. The Morgan fingerprint density at radius 1 is 1.38 bits per heavy atom. The fourth-order valence-corrected chi connectivity index (χ4v) is 1.78. The molecule has 0 aromatic rings. The molecule has 0 saturated carbocycles. The molecule has 0 aromatic carbocycles. The second-order valence-electron chi connectivity index (χ2n) is 4.70. The molecule has 0 spiro atoms. The highest BCUT2D eigenvalue weighted by atomic mass is 19.4. The number of esters is 1. The molecule has 0 radical (unpaired) electrons. The van der Waals surface area contributed by atoms with Crippen molar-refractivity contribution >= 4 is 5.97 Å². The lowest BCUT2D eigenvalue weighted by Crippen LogP contribution is -2.78. The molecule has 1 rings (SSSR count). The maximum atomic E-state index is 14.1. The van der Waals surface area contributed by atoms with Crippen LogP contribution in [0.2, 0.25) is 0 Å². The van der Waals surface area contributed by atoms with Crippen LogP contribution in [0, 0.1) is 0 Å². The van der Waals surface area contributed by atoms with Gasteiger partial charge in [-0.25, -0.2) is 4.79 Å². The smallest absolute Gasteiger partial charge is 0.423 e. The topological polar surface area (TPSA) is 105 Å². The van der Waals surface area contributed by atoms with E-state index in [0.717, 1.165) is 0 Å². The number of carbonyl (C=O) groups is 1. The number of halogens is 7. The average molecular weight is 367 g/mol. The number of hydrogen-bond acceptors (Lipinski definition) is 5. The minimum Gasteiger partial charge on any atom is -0.446 e. The van der Waals surface area contributed by atoms with Gasteiger partial charge < -0.3 is 14.6 Å². The van der Waals surface area contributed by atoms with Gasteiger partial charge in [-0.1, -0.05) is 6.58 Å². The van der Waals surface area contributed by atoms with Crippen LogP contribution >= 0.6 is 0 Å². The standard InChI is InChI=1S/C10H8F7N3O4/c1-3-4(21)23-5-7(11,12)6(2,9(15,16)17)24-10(22,19-20-18)8(5,13)14/h3,5,22H,1H2,2H3. The number of aliphatic hydroxyl groups is 1. The lowest BCUT2D eigenvalue weighted by molar-refractivity contribution is -0.491. The highest BCUT2D eigenvalue weighted by molar-refractivity contribution is 5.81. The first-order valence-corrected chi connectivity index (χ1v) is 5.75. The van der Waals surface area contributed by atoms with Gasteiger partial charge in [0.1, 0.15) is 0 Å². The van der Waals surface area contributed by atoms with E-state index in [0.29, 0.717) is 0 Å². The lowest BCUT2D eigenvalue weighted by atomic mass is 9.84. The zero-order valence-corrected chi connectivity index (χ0v) is 11.5. The second kappa shape index (κ2) is 5.50.